The van der Waals surface area contributed by atoms with Crippen LogP contribution in [0.15, 0.2) is 40.2 Å². The number of nitrogens with zero attached hydrogens (tertiary/aromatic N) is 2. The quantitative estimate of drug-likeness (QED) is 0.528. The number of thiophene rings is 1. The van der Waals surface area contributed by atoms with Gasteiger partial charge in [-0.1, -0.05) is 17.3 Å². The van der Waals surface area contributed by atoms with E-state index in [4.69, 9.17) is 14.0 Å². The zero-order valence-electron chi connectivity index (χ0n) is 16.8. The average molecular weight is 416 g/mol. The van der Waals surface area contributed by atoms with E-state index in [0.717, 1.165) is 10.4 Å². The summed E-state index contributed by atoms with van der Waals surface area (Å²) in [5, 5.41) is 8.92. The van der Waals surface area contributed by atoms with E-state index >= 15 is 0 Å². The molecule has 1 atom stereocenters. The topological polar surface area (TPSA) is 86.5 Å². The summed E-state index contributed by atoms with van der Waals surface area (Å²) in [7, 11) is 0. The van der Waals surface area contributed by atoms with Crippen molar-refractivity contribution in [2.75, 3.05) is 13.2 Å². The van der Waals surface area contributed by atoms with E-state index < -0.39 is 0 Å². The molecule has 0 saturated heterocycles. The first-order chi connectivity index (χ1) is 14.1. The molecule has 3 aromatic rings. The molecule has 0 spiro atoms. The molecule has 3 rings (SSSR count). The van der Waals surface area contributed by atoms with Gasteiger partial charge < -0.3 is 19.3 Å². The summed E-state index contributed by atoms with van der Waals surface area (Å²) in [5.41, 5.74) is 0.947. The second-order valence-electron chi connectivity index (χ2n) is 6.35. The van der Waals surface area contributed by atoms with Crippen LogP contribution in [0.2, 0.25) is 0 Å². The third-order valence-corrected chi connectivity index (χ3v) is 5.09. The molecule has 0 radical (unpaired) electrons. The van der Waals surface area contributed by atoms with Gasteiger partial charge in [-0.3, -0.25) is 4.79 Å². The molecule has 7 nitrogen and oxygen atoms in total. The molecule has 1 N–H and O–H groups in total. The number of benzene rings is 1. The molecular formula is C21H25N3O4S. The lowest BCUT2D eigenvalue weighted by atomic mass is 10.1. The number of aromatic nitrogens is 2. The van der Waals surface area contributed by atoms with Crippen LogP contribution in [0.5, 0.6) is 11.5 Å². The van der Waals surface area contributed by atoms with Crippen LogP contribution in [-0.2, 0) is 11.2 Å². The highest BCUT2D eigenvalue weighted by Gasteiger charge is 2.15. The van der Waals surface area contributed by atoms with Crippen molar-refractivity contribution in [1.82, 2.24) is 15.5 Å². The molecule has 0 unspecified atom stereocenters. The van der Waals surface area contributed by atoms with Gasteiger partial charge in [-0.25, -0.2) is 0 Å². The van der Waals surface area contributed by atoms with Gasteiger partial charge in [0.05, 0.1) is 24.1 Å². The molecule has 8 heteroatoms. The minimum atomic E-state index is -0.165. The van der Waals surface area contributed by atoms with Crippen molar-refractivity contribution in [3.8, 4) is 22.2 Å². The molecule has 0 aliphatic heterocycles. The number of hydrogen-bond acceptors (Lipinski definition) is 7. The number of nitrogens with one attached hydrogen (secondary N) is 1. The summed E-state index contributed by atoms with van der Waals surface area (Å²) in [6.45, 7) is 6.90. The van der Waals surface area contributed by atoms with Crippen LogP contribution in [0.1, 0.15) is 44.7 Å². The van der Waals surface area contributed by atoms with Gasteiger partial charge in [0.15, 0.2) is 11.5 Å². The highest BCUT2D eigenvalue weighted by atomic mass is 32.1. The van der Waals surface area contributed by atoms with Gasteiger partial charge in [0.25, 0.3) is 0 Å². The van der Waals surface area contributed by atoms with Gasteiger partial charge in [-0.05, 0) is 49.9 Å². The standard InChI is InChI=1S/C21H25N3O4S/c1-4-26-16-9-8-15(13-17(16)27-5-2)14(3)22-19(25)10-11-20-23-21(24-28-20)18-7-6-12-29-18/h6-9,12-14H,4-5,10-11H2,1-3H3,(H,22,25)/t14-/m1/s1. The maximum atomic E-state index is 12.4. The first kappa shape index (κ1) is 20.9. The monoisotopic (exact) mass is 415 g/mol. The number of ether oxygens (including phenoxy) is 2. The number of rotatable bonds is 10. The first-order valence-corrected chi connectivity index (χ1v) is 10.5. The van der Waals surface area contributed by atoms with Crippen molar-refractivity contribution in [2.45, 2.75) is 39.7 Å². The molecule has 1 amide bonds. The lowest BCUT2D eigenvalue weighted by molar-refractivity contribution is -0.121. The molecule has 1 aromatic carbocycles. The van der Waals surface area contributed by atoms with Crippen LogP contribution < -0.4 is 14.8 Å². The predicted molar refractivity (Wildman–Crippen MR) is 111 cm³/mol. The summed E-state index contributed by atoms with van der Waals surface area (Å²) in [5.74, 6) is 2.31. The SMILES string of the molecule is CCOc1ccc([C@@H](C)NC(=O)CCc2nc(-c3cccs3)no2)cc1OCC. The third-order valence-electron chi connectivity index (χ3n) is 4.22. The third kappa shape index (κ3) is 5.57. The lowest BCUT2D eigenvalue weighted by Crippen LogP contribution is -2.26. The molecule has 0 saturated carbocycles. The second-order valence-corrected chi connectivity index (χ2v) is 7.30. The summed E-state index contributed by atoms with van der Waals surface area (Å²) in [6.07, 6.45) is 0.663. The van der Waals surface area contributed by atoms with Gasteiger partial charge in [0.1, 0.15) is 0 Å². The van der Waals surface area contributed by atoms with Crippen LogP contribution in [0, 0.1) is 0 Å². The summed E-state index contributed by atoms with van der Waals surface area (Å²) < 4.78 is 16.5. The Labute approximate surface area is 174 Å². The molecule has 2 aromatic heterocycles. The summed E-state index contributed by atoms with van der Waals surface area (Å²) >= 11 is 1.54. The minimum Gasteiger partial charge on any atom is -0.490 e. The maximum absolute atomic E-state index is 12.4. The molecular weight excluding hydrogens is 390 g/mol. The van der Waals surface area contributed by atoms with Crippen LogP contribution in [0.3, 0.4) is 0 Å². The lowest BCUT2D eigenvalue weighted by Gasteiger charge is -2.17. The Kier molecular flexibility index (Phi) is 7.24. The molecule has 0 fully saturated rings. The molecule has 154 valence electrons. The number of carbonyl (C=O) groups excluding carboxylic acids is 1. The van der Waals surface area contributed by atoms with Crippen molar-refractivity contribution in [3.05, 3.63) is 47.2 Å². The van der Waals surface area contributed by atoms with E-state index in [1.807, 2.05) is 56.5 Å². The van der Waals surface area contributed by atoms with Crippen molar-refractivity contribution in [2.24, 2.45) is 0 Å². The molecule has 2 heterocycles. The number of aryl methyl sites for hydroxylation is 1. The maximum Gasteiger partial charge on any atom is 0.227 e. The van der Waals surface area contributed by atoms with E-state index in [0.29, 0.717) is 42.8 Å². The van der Waals surface area contributed by atoms with E-state index in [2.05, 4.69) is 15.5 Å². The Morgan fingerprint density at radius 2 is 2.00 bits per heavy atom. The fourth-order valence-electron chi connectivity index (χ4n) is 2.82. The summed E-state index contributed by atoms with van der Waals surface area (Å²) in [4.78, 5) is 17.6. The average Bonchev–Trinajstić information content (AvgIpc) is 3.40. The molecule has 0 bridgehead atoms. The molecule has 29 heavy (non-hydrogen) atoms. The van der Waals surface area contributed by atoms with Gasteiger partial charge in [0.2, 0.25) is 17.6 Å². The van der Waals surface area contributed by atoms with E-state index in [1.165, 1.54) is 0 Å². The van der Waals surface area contributed by atoms with Gasteiger partial charge in [0, 0.05) is 12.8 Å². The van der Waals surface area contributed by atoms with Crippen molar-refractivity contribution in [3.63, 3.8) is 0 Å². The fraction of sp³-hybridized carbons (Fsp3) is 0.381. The Morgan fingerprint density at radius 3 is 2.72 bits per heavy atom. The van der Waals surface area contributed by atoms with E-state index in [-0.39, 0.29) is 18.4 Å². The Morgan fingerprint density at radius 1 is 1.21 bits per heavy atom. The first-order valence-electron chi connectivity index (χ1n) is 9.66. The van der Waals surface area contributed by atoms with Crippen LogP contribution in [-0.4, -0.2) is 29.3 Å². The highest BCUT2D eigenvalue weighted by Crippen LogP contribution is 2.30. The summed E-state index contributed by atoms with van der Waals surface area (Å²) in [6, 6.07) is 9.41. The highest BCUT2D eigenvalue weighted by molar-refractivity contribution is 7.13. The van der Waals surface area contributed by atoms with Gasteiger partial charge >= 0.3 is 0 Å². The van der Waals surface area contributed by atoms with Crippen molar-refractivity contribution >= 4 is 17.2 Å². The molecule has 0 aliphatic carbocycles. The minimum absolute atomic E-state index is 0.0831. The van der Waals surface area contributed by atoms with Crippen molar-refractivity contribution in [1.29, 1.82) is 0 Å². The van der Waals surface area contributed by atoms with E-state index in [1.54, 1.807) is 11.3 Å². The Hall–Kier alpha value is -2.87. The number of carbonyl (C=O) groups is 1. The van der Waals surface area contributed by atoms with Gasteiger partial charge in [-0.2, -0.15) is 4.98 Å². The van der Waals surface area contributed by atoms with Gasteiger partial charge in [-0.15, -0.1) is 11.3 Å². The normalized spacial score (nSPS) is 11.8. The fourth-order valence-corrected chi connectivity index (χ4v) is 3.47. The largest absolute Gasteiger partial charge is 0.490 e. The smallest absolute Gasteiger partial charge is 0.227 e. The van der Waals surface area contributed by atoms with Crippen LogP contribution in [0.25, 0.3) is 10.7 Å². The van der Waals surface area contributed by atoms with Crippen LogP contribution in [0.4, 0.5) is 0 Å². The Bertz CT molecular complexity index is 924. The zero-order chi connectivity index (χ0) is 20.6. The van der Waals surface area contributed by atoms with E-state index in [9.17, 15) is 4.79 Å². The predicted octanol–water partition coefficient (Wildman–Crippen LogP) is 4.41. The number of amides is 1. The van der Waals surface area contributed by atoms with Crippen LogP contribution >= 0.6 is 11.3 Å². The number of hydrogen-bond donors (Lipinski definition) is 1. The van der Waals surface area contributed by atoms with Crippen molar-refractivity contribution < 1.29 is 18.8 Å². The Balaban J connectivity index is 1.55. The second kappa shape index (κ2) is 10.1. The zero-order valence-corrected chi connectivity index (χ0v) is 17.6. The molecule has 0 aliphatic rings.